The van der Waals surface area contributed by atoms with Crippen molar-refractivity contribution in [2.24, 2.45) is 0 Å². The number of halogens is 3. The van der Waals surface area contributed by atoms with Gasteiger partial charge < -0.3 is 0 Å². The minimum atomic E-state index is -1.12. The Morgan fingerprint density at radius 2 is 1.80 bits per heavy atom. The standard InChI is InChI=1S/C15H17F3N2/c1-5-20-7-6-10(19-20)12-9(4)13(16)11(8(2)3)14(17)15(12)18/h6-8H,5H2,1-4H3. The average molecular weight is 282 g/mol. The van der Waals surface area contributed by atoms with Crippen LogP contribution in [0.15, 0.2) is 12.3 Å². The van der Waals surface area contributed by atoms with Gasteiger partial charge in [0.2, 0.25) is 0 Å². The van der Waals surface area contributed by atoms with Crippen LogP contribution >= 0.6 is 0 Å². The number of hydrogen-bond donors (Lipinski definition) is 0. The molecule has 0 unspecified atom stereocenters. The number of aromatic nitrogens is 2. The molecule has 20 heavy (non-hydrogen) atoms. The van der Waals surface area contributed by atoms with Crippen LogP contribution in [0.1, 0.15) is 37.8 Å². The molecule has 0 atom stereocenters. The second kappa shape index (κ2) is 5.31. The summed E-state index contributed by atoms with van der Waals surface area (Å²) in [4.78, 5) is 0. The highest BCUT2D eigenvalue weighted by Crippen LogP contribution is 2.34. The molecule has 5 heteroatoms. The predicted octanol–water partition coefficient (Wildman–Crippen LogP) is 4.42. The van der Waals surface area contributed by atoms with Crippen LogP contribution in [0.2, 0.25) is 0 Å². The van der Waals surface area contributed by atoms with Crippen LogP contribution in [0.25, 0.3) is 11.3 Å². The third-order valence-electron chi connectivity index (χ3n) is 3.39. The molecule has 1 aromatic carbocycles. The molecule has 0 bridgehead atoms. The molecule has 2 rings (SSSR count). The molecule has 0 fully saturated rings. The summed E-state index contributed by atoms with van der Waals surface area (Å²) in [5, 5.41) is 4.12. The van der Waals surface area contributed by atoms with Crippen molar-refractivity contribution in [3.63, 3.8) is 0 Å². The summed E-state index contributed by atoms with van der Waals surface area (Å²) in [5.74, 6) is -3.27. The summed E-state index contributed by atoms with van der Waals surface area (Å²) in [5.41, 5.74) is 0.0270. The zero-order valence-electron chi connectivity index (χ0n) is 12.0. The Bertz CT molecular complexity index is 616. The monoisotopic (exact) mass is 282 g/mol. The molecule has 2 nitrogen and oxygen atoms in total. The van der Waals surface area contributed by atoms with Gasteiger partial charge in [0, 0.05) is 23.9 Å². The van der Waals surface area contributed by atoms with Gasteiger partial charge in [-0.3, -0.25) is 4.68 Å². The minimum Gasteiger partial charge on any atom is -0.272 e. The quantitative estimate of drug-likeness (QED) is 0.762. The van der Waals surface area contributed by atoms with E-state index >= 15 is 0 Å². The largest absolute Gasteiger partial charge is 0.272 e. The third-order valence-corrected chi connectivity index (χ3v) is 3.39. The first-order valence-corrected chi connectivity index (χ1v) is 6.59. The predicted molar refractivity (Wildman–Crippen MR) is 72.0 cm³/mol. The van der Waals surface area contributed by atoms with Crippen molar-refractivity contribution in [1.82, 2.24) is 9.78 Å². The summed E-state index contributed by atoms with van der Waals surface area (Å²) < 4.78 is 44.2. The van der Waals surface area contributed by atoms with Gasteiger partial charge in [0.1, 0.15) is 5.82 Å². The van der Waals surface area contributed by atoms with Crippen molar-refractivity contribution in [2.75, 3.05) is 0 Å². The lowest BCUT2D eigenvalue weighted by molar-refractivity contribution is 0.471. The summed E-state index contributed by atoms with van der Waals surface area (Å²) in [6.07, 6.45) is 1.65. The van der Waals surface area contributed by atoms with E-state index in [1.54, 1.807) is 30.8 Å². The van der Waals surface area contributed by atoms with E-state index in [1.807, 2.05) is 6.92 Å². The van der Waals surface area contributed by atoms with E-state index in [9.17, 15) is 13.2 Å². The van der Waals surface area contributed by atoms with Crippen molar-refractivity contribution in [3.05, 3.63) is 40.8 Å². The number of benzene rings is 1. The van der Waals surface area contributed by atoms with Crippen LogP contribution < -0.4 is 0 Å². The molecule has 0 aliphatic carbocycles. The highest BCUT2D eigenvalue weighted by molar-refractivity contribution is 5.65. The summed E-state index contributed by atoms with van der Waals surface area (Å²) in [6.45, 7) is 7.19. The van der Waals surface area contributed by atoms with E-state index in [1.165, 1.54) is 6.92 Å². The Morgan fingerprint density at radius 1 is 1.15 bits per heavy atom. The van der Waals surface area contributed by atoms with Crippen LogP contribution in [0.5, 0.6) is 0 Å². The molecule has 0 aliphatic rings. The molecule has 0 radical (unpaired) electrons. The molecule has 2 aromatic rings. The zero-order valence-corrected chi connectivity index (χ0v) is 12.0. The van der Waals surface area contributed by atoms with Crippen LogP contribution in [0, 0.1) is 24.4 Å². The topological polar surface area (TPSA) is 17.8 Å². The van der Waals surface area contributed by atoms with Gasteiger partial charge in [-0.05, 0) is 31.4 Å². The number of aryl methyl sites for hydroxylation is 1. The van der Waals surface area contributed by atoms with Crippen molar-refractivity contribution in [3.8, 4) is 11.3 Å². The first kappa shape index (κ1) is 14.6. The highest BCUT2D eigenvalue weighted by atomic mass is 19.2. The molecule has 1 heterocycles. The van der Waals surface area contributed by atoms with E-state index < -0.39 is 23.4 Å². The highest BCUT2D eigenvalue weighted by Gasteiger charge is 2.26. The van der Waals surface area contributed by atoms with Crippen molar-refractivity contribution in [1.29, 1.82) is 0 Å². The molecule has 0 saturated carbocycles. The Balaban J connectivity index is 2.72. The molecule has 0 N–H and O–H groups in total. The number of rotatable bonds is 3. The van der Waals surface area contributed by atoms with Crippen LogP contribution in [-0.4, -0.2) is 9.78 Å². The fraction of sp³-hybridized carbons (Fsp3) is 0.400. The smallest absolute Gasteiger partial charge is 0.169 e. The first-order valence-electron chi connectivity index (χ1n) is 6.59. The second-order valence-electron chi connectivity index (χ2n) is 5.07. The van der Waals surface area contributed by atoms with Gasteiger partial charge in [0.15, 0.2) is 11.6 Å². The fourth-order valence-electron chi connectivity index (χ4n) is 2.28. The molecule has 0 saturated heterocycles. The molecule has 0 amide bonds. The lowest BCUT2D eigenvalue weighted by Crippen LogP contribution is -2.07. The van der Waals surface area contributed by atoms with E-state index in [2.05, 4.69) is 5.10 Å². The average Bonchev–Trinajstić information content (AvgIpc) is 2.85. The van der Waals surface area contributed by atoms with Gasteiger partial charge in [-0.25, -0.2) is 13.2 Å². The Kier molecular flexibility index (Phi) is 3.88. The van der Waals surface area contributed by atoms with Gasteiger partial charge in [0.25, 0.3) is 0 Å². The van der Waals surface area contributed by atoms with Crippen LogP contribution in [0.3, 0.4) is 0 Å². The molecule has 1 aromatic heterocycles. The zero-order chi connectivity index (χ0) is 15.0. The van der Waals surface area contributed by atoms with Gasteiger partial charge in [-0.15, -0.1) is 0 Å². The second-order valence-corrected chi connectivity index (χ2v) is 5.07. The van der Waals surface area contributed by atoms with Crippen LogP contribution in [-0.2, 0) is 6.54 Å². The molecule has 0 aliphatic heterocycles. The van der Waals surface area contributed by atoms with Gasteiger partial charge in [-0.2, -0.15) is 5.10 Å². The van der Waals surface area contributed by atoms with E-state index in [4.69, 9.17) is 0 Å². The van der Waals surface area contributed by atoms with Crippen molar-refractivity contribution < 1.29 is 13.2 Å². The summed E-state index contributed by atoms with van der Waals surface area (Å²) in [7, 11) is 0. The lowest BCUT2D eigenvalue weighted by Gasteiger charge is -2.15. The van der Waals surface area contributed by atoms with Gasteiger partial charge in [-0.1, -0.05) is 13.8 Å². The summed E-state index contributed by atoms with van der Waals surface area (Å²) in [6, 6.07) is 1.56. The minimum absolute atomic E-state index is 0.0916. The maximum atomic E-state index is 14.3. The normalized spacial score (nSPS) is 11.4. The van der Waals surface area contributed by atoms with E-state index in [-0.39, 0.29) is 22.4 Å². The number of hydrogen-bond acceptors (Lipinski definition) is 1. The number of nitrogens with zero attached hydrogens (tertiary/aromatic N) is 2. The van der Waals surface area contributed by atoms with Gasteiger partial charge >= 0.3 is 0 Å². The fourth-order valence-corrected chi connectivity index (χ4v) is 2.28. The van der Waals surface area contributed by atoms with Crippen molar-refractivity contribution in [2.45, 2.75) is 40.2 Å². The lowest BCUT2D eigenvalue weighted by atomic mass is 9.94. The molecule has 108 valence electrons. The molecule has 0 spiro atoms. The molecular formula is C15H17F3N2. The van der Waals surface area contributed by atoms with Crippen LogP contribution in [0.4, 0.5) is 13.2 Å². The Morgan fingerprint density at radius 3 is 2.30 bits per heavy atom. The first-order chi connectivity index (χ1) is 9.38. The Labute approximate surface area is 116 Å². The van der Waals surface area contributed by atoms with Gasteiger partial charge in [0.05, 0.1) is 5.69 Å². The van der Waals surface area contributed by atoms with E-state index in [0.717, 1.165) is 0 Å². The maximum absolute atomic E-state index is 14.3. The Hall–Kier alpha value is -1.78. The van der Waals surface area contributed by atoms with Crippen molar-refractivity contribution >= 4 is 0 Å². The third kappa shape index (κ3) is 2.21. The van der Waals surface area contributed by atoms with E-state index in [0.29, 0.717) is 6.54 Å². The SMILES string of the molecule is CCn1ccc(-c2c(C)c(F)c(C(C)C)c(F)c2F)n1. The molecular weight excluding hydrogens is 265 g/mol. The summed E-state index contributed by atoms with van der Waals surface area (Å²) >= 11 is 0. The maximum Gasteiger partial charge on any atom is 0.169 e.